The van der Waals surface area contributed by atoms with Gasteiger partial charge in [0, 0.05) is 17.7 Å². The third-order valence-corrected chi connectivity index (χ3v) is 4.25. The molecule has 0 aliphatic rings. The van der Waals surface area contributed by atoms with Crippen LogP contribution in [-0.4, -0.2) is 17.0 Å². The number of nitro benzene ring substituents is 1. The molecule has 0 saturated carbocycles. The Morgan fingerprint density at radius 2 is 1.96 bits per heavy atom. The van der Waals surface area contributed by atoms with Crippen LogP contribution in [0, 0.1) is 17.0 Å². The number of halogens is 1. The minimum absolute atomic E-state index is 0.0885. The molecule has 28 heavy (non-hydrogen) atoms. The molecule has 0 spiro atoms. The zero-order valence-corrected chi connectivity index (χ0v) is 15.6. The number of rotatable bonds is 6. The maximum absolute atomic E-state index is 11.9. The zero-order valence-electron chi connectivity index (χ0n) is 14.9. The van der Waals surface area contributed by atoms with Gasteiger partial charge in [0.15, 0.2) is 0 Å². The number of furan rings is 1. The first-order valence-electron chi connectivity index (χ1n) is 8.34. The summed E-state index contributed by atoms with van der Waals surface area (Å²) in [7, 11) is 0. The molecule has 3 rings (SSSR count). The Labute approximate surface area is 165 Å². The van der Waals surface area contributed by atoms with Gasteiger partial charge in [-0.3, -0.25) is 14.9 Å². The van der Waals surface area contributed by atoms with E-state index in [2.05, 4.69) is 10.5 Å². The Morgan fingerprint density at radius 3 is 2.68 bits per heavy atom. The quantitative estimate of drug-likeness (QED) is 0.376. The van der Waals surface area contributed by atoms with Crippen LogP contribution in [0.25, 0.3) is 11.3 Å². The van der Waals surface area contributed by atoms with Crippen molar-refractivity contribution in [1.29, 1.82) is 0 Å². The number of hydrazone groups is 1. The molecule has 0 saturated heterocycles. The Morgan fingerprint density at radius 1 is 1.21 bits per heavy atom. The number of aryl methyl sites for hydroxylation is 1. The van der Waals surface area contributed by atoms with Crippen LogP contribution in [0.4, 0.5) is 5.69 Å². The molecule has 0 aliphatic heterocycles. The second-order valence-corrected chi connectivity index (χ2v) is 6.49. The number of hydrogen-bond acceptors (Lipinski definition) is 5. The van der Waals surface area contributed by atoms with Crippen LogP contribution in [0.3, 0.4) is 0 Å². The molecular weight excluding hydrogens is 382 g/mol. The van der Waals surface area contributed by atoms with Gasteiger partial charge < -0.3 is 4.42 Å². The minimum atomic E-state index is -0.505. The SMILES string of the molecule is Cc1ccc(CC(=O)N/N=C\c2ccc(-c3cc([N+](=O)[O-])ccc3Cl)o2)cc1. The molecule has 1 amide bonds. The van der Waals surface area contributed by atoms with E-state index in [9.17, 15) is 14.9 Å². The summed E-state index contributed by atoms with van der Waals surface area (Å²) in [6.45, 7) is 1.98. The molecule has 1 heterocycles. The van der Waals surface area contributed by atoms with Crippen LogP contribution in [0.5, 0.6) is 0 Å². The number of carbonyl (C=O) groups excluding carboxylic acids is 1. The highest BCUT2D eigenvalue weighted by molar-refractivity contribution is 6.33. The molecule has 142 valence electrons. The summed E-state index contributed by atoms with van der Waals surface area (Å²) in [6, 6.07) is 15.0. The zero-order chi connectivity index (χ0) is 20.1. The predicted octanol–water partition coefficient (Wildman–Crippen LogP) is 4.51. The molecule has 8 heteroatoms. The number of nitrogens with one attached hydrogen (secondary N) is 1. The topological polar surface area (TPSA) is 97.7 Å². The predicted molar refractivity (Wildman–Crippen MR) is 106 cm³/mol. The molecule has 0 radical (unpaired) electrons. The highest BCUT2D eigenvalue weighted by atomic mass is 35.5. The van der Waals surface area contributed by atoms with Crippen LogP contribution in [0.1, 0.15) is 16.9 Å². The molecule has 1 aromatic heterocycles. The monoisotopic (exact) mass is 397 g/mol. The van der Waals surface area contributed by atoms with Gasteiger partial charge in [-0.2, -0.15) is 5.10 Å². The maximum atomic E-state index is 11.9. The van der Waals surface area contributed by atoms with E-state index >= 15 is 0 Å². The fourth-order valence-electron chi connectivity index (χ4n) is 2.48. The molecule has 0 unspecified atom stereocenters. The van der Waals surface area contributed by atoms with Gasteiger partial charge in [0.1, 0.15) is 11.5 Å². The number of carbonyl (C=O) groups is 1. The third kappa shape index (κ3) is 4.83. The van der Waals surface area contributed by atoms with Crippen molar-refractivity contribution in [2.75, 3.05) is 0 Å². The first-order valence-corrected chi connectivity index (χ1v) is 8.72. The highest BCUT2D eigenvalue weighted by Gasteiger charge is 2.14. The second kappa shape index (κ2) is 8.49. The van der Waals surface area contributed by atoms with Crippen molar-refractivity contribution >= 4 is 29.4 Å². The molecular formula is C20H16ClN3O4. The van der Waals surface area contributed by atoms with Crippen molar-refractivity contribution in [1.82, 2.24) is 5.43 Å². The van der Waals surface area contributed by atoms with Gasteiger partial charge in [0.25, 0.3) is 5.69 Å². The highest BCUT2D eigenvalue weighted by Crippen LogP contribution is 2.32. The lowest BCUT2D eigenvalue weighted by atomic mass is 10.1. The molecule has 0 fully saturated rings. The van der Waals surface area contributed by atoms with Gasteiger partial charge in [-0.1, -0.05) is 41.4 Å². The molecule has 0 atom stereocenters. The Bertz CT molecular complexity index is 1040. The average Bonchev–Trinajstić information content (AvgIpc) is 3.12. The smallest absolute Gasteiger partial charge is 0.270 e. The van der Waals surface area contributed by atoms with Crippen LogP contribution >= 0.6 is 11.6 Å². The minimum Gasteiger partial charge on any atom is -0.455 e. The first-order chi connectivity index (χ1) is 13.4. The van der Waals surface area contributed by atoms with Gasteiger partial charge in [-0.05, 0) is 30.7 Å². The number of amides is 1. The molecule has 0 aliphatic carbocycles. The first kappa shape index (κ1) is 19.3. The van der Waals surface area contributed by atoms with Crippen molar-refractivity contribution in [3.8, 4) is 11.3 Å². The number of non-ortho nitro benzene ring substituents is 1. The Hall–Kier alpha value is -3.45. The lowest BCUT2D eigenvalue weighted by Gasteiger charge is -2.01. The van der Waals surface area contributed by atoms with Crippen LogP contribution in [0.2, 0.25) is 5.02 Å². The normalized spacial score (nSPS) is 10.9. The summed E-state index contributed by atoms with van der Waals surface area (Å²) in [5.74, 6) is 0.475. The van der Waals surface area contributed by atoms with E-state index in [1.165, 1.54) is 24.4 Å². The van der Waals surface area contributed by atoms with E-state index in [1.807, 2.05) is 31.2 Å². The van der Waals surface area contributed by atoms with E-state index in [-0.39, 0.29) is 18.0 Å². The van der Waals surface area contributed by atoms with E-state index in [1.54, 1.807) is 12.1 Å². The van der Waals surface area contributed by atoms with Crippen molar-refractivity contribution in [3.63, 3.8) is 0 Å². The fraction of sp³-hybridized carbons (Fsp3) is 0.100. The maximum Gasteiger partial charge on any atom is 0.270 e. The van der Waals surface area contributed by atoms with Crippen molar-refractivity contribution in [2.45, 2.75) is 13.3 Å². The molecule has 0 bridgehead atoms. The van der Waals surface area contributed by atoms with Gasteiger partial charge in [0.05, 0.1) is 22.6 Å². The second-order valence-electron chi connectivity index (χ2n) is 6.08. The van der Waals surface area contributed by atoms with Gasteiger partial charge in [-0.15, -0.1) is 0 Å². The molecule has 2 aromatic carbocycles. The van der Waals surface area contributed by atoms with Crippen LogP contribution < -0.4 is 5.43 Å². The Kier molecular flexibility index (Phi) is 5.86. The van der Waals surface area contributed by atoms with E-state index in [0.29, 0.717) is 22.1 Å². The van der Waals surface area contributed by atoms with E-state index in [0.717, 1.165) is 11.1 Å². The summed E-state index contributed by atoms with van der Waals surface area (Å²) in [5, 5.41) is 15.1. The average molecular weight is 398 g/mol. The van der Waals surface area contributed by atoms with Crippen LogP contribution in [0.15, 0.2) is 64.1 Å². The summed E-state index contributed by atoms with van der Waals surface area (Å²) in [5.41, 5.74) is 4.76. The number of hydrogen-bond donors (Lipinski definition) is 1. The number of benzene rings is 2. The van der Waals surface area contributed by atoms with E-state index in [4.69, 9.17) is 16.0 Å². The third-order valence-electron chi connectivity index (χ3n) is 3.92. The van der Waals surface area contributed by atoms with Crippen LogP contribution in [-0.2, 0) is 11.2 Å². The van der Waals surface area contributed by atoms with Crippen molar-refractivity contribution in [3.05, 3.63) is 86.6 Å². The van der Waals surface area contributed by atoms with Gasteiger partial charge in [-0.25, -0.2) is 5.43 Å². The summed E-state index contributed by atoms with van der Waals surface area (Å²) < 4.78 is 5.59. The standard InChI is InChI=1S/C20H16ClN3O4/c1-13-2-4-14(5-3-13)10-20(25)23-22-12-16-7-9-19(28-16)17-11-15(24(26)27)6-8-18(17)21/h2-9,11-12H,10H2,1H3,(H,23,25)/b22-12-. The van der Waals surface area contributed by atoms with Gasteiger partial charge in [0.2, 0.25) is 5.91 Å². The lowest BCUT2D eigenvalue weighted by molar-refractivity contribution is -0.384. The number of nitro groups is 1. The molecule has 3 aromatic rings. The number of nitrogens with zero attached hydrogens (tertiary/aromatic N) is 2. The Balaban J connectivity index is 1.64. The fourth-order valence-corrected chi connectivity index (χ4v) is 2.69. The molecule has 1 N–H and O–H groups in total. The lowest BCUT2D eigenvalue weighted by Crippen LogP contribution is -2.19. The summed E-state index contributed by atoms with van der Waals surface area (Å²) >= 11 is 6.10. The summed E-state index contributed by atoms with van der Waals surface area (Å²) in [6.07, 6.45) is 1.56. The van der Waals surface area contributed by atoms with Crippen molar-refractivity contribution in [2.24, 2.45) is 5.10 Å². The summed E-state index contributed by atoms with van der Waals surface area (Å²) in [4.78, 5) is 22.3. The van der Waals surface area contributed by atoms with Gasteiger partial charge >= 0.3 is 0 Å². The molecule has 7 nitrogen and oxygen atoms in total. The van der Waals surface area contributed by atoms with Crippen molar-refractivity contribution < 1.29 is 14.1 Å². The van der Waals surface area contributed by atoms with E-state index < -0.39 is 4.92 Å². The largest absolute Gasteiger partial charge is 0.455 e.